The van der Waals surface area contributed by atoms with E-state index >= 15 is 0 Å². The third-order valence-electron chi connectivity index (χ3n) is 5.37. The SMILES string of the molecule is Cn1c(=O)n(C)c2cc(S(=O)(=O)N3CCC4CCC(C3)N4)ccc21. The molecule has 2 bridgehead atoms. The molecule has 0 radical (unpaired) electrons. The van der Waals surface area contributed by atoms with Crippen molar-refractivity contribution < 1.29 is 8.42 Å². The van der Waals surface area contributed by atoms with Crippen molar-refractivity contribution >= 4 is 21.1 Å². The number of benzene rings is 1. The maximum absolute atomic E-state index is 13.1. The van der Waals surface area contributed by atoms with Gasteiger partial charge in [0.05, 0.1) is 15.9 Å². The summed E-state index contributed by atoms with van der Waals surface area (Å²) in [7, 11) is -0.198. The molecule has 1 aromatic carbocycles. The highest BCUT2D eigenvalue weighted by atomic mass is 32.2. The zero-order chi connectivity index (χ0) is 17.1. The zero-order valence-corrected chi connectivity index (χ0v) is 14.7. The normalized spacial score (nSPS) is 25.2. The summed E-state index contributed by atoms with van der Waals surface area (Å²) in [5.41, 5.74) is 1.21. The number of hydrogen-bond acceptors (Lipinski definition) is 4. The van der Waals surface area contributed by atoms with Gasteiger partial charge in [0.25, 0.3) is 0 Å². The maximum Gasteiger partial charge on any atom is 0.328 e. The summed E-state index contributed by atoms with van der Waals surface area (Å²) >= 11 is 0. The van der Waals surface area contributed by atoms with Gasteiger partial charge < -0.3 is 5.32 Å². The first-order chi connectivity index (χ1) is 11.4. The second-order valence-corrected chi connectivity index (χ2v) is 8.78. The highest BCUT2D eigenvalue weighted by Crippen LogP contribution is 2.26. The Hall–Kier alpha value is -1.64. The molecule has 0 spiro atoms. The maximum atomic E-state index is 13.1. The van der Waals surface area contributed by atoms with Crippen LogP contribution in [0.15, 0.2) is 27.9 Å². The zero-order valence-electron chi connectivity index (χ0n) is 13.9. The Morgan fingerprint density at radius 2 is 1.75 bits per heavy atom. The van der Waals surface area contributed by atoms with Crippen LogP contribution in [0.5, 0.6) is 0 Å². The Balaban J connectivity index is 1.75. The van der Waals surface area contributed by atoms with Crippen LogP contribution in [0.4, 0.5) is 0 Å². The van der Waals surface area contributed by atoms with Crippen LogP contribution in [0.3, 0.4) is 0 Å². The molecule has 2 aliphatic rings. The lowest BCUT2D eigenvalue weighted by Gasteiger charge is -2.23. The van der Waals surface area contributed by atoms with E-state index in [4.69, 9.17) is 0 Å². The highest BCUT2D eigenvalue weighted by Gasteiger charge is 2.35. The van der Waals surface area contributed by atoms with Gasteiger partial charge in [-0.1, -0.05) is 0 Å². The third-order valence-corrected chi connectivity index (χ3v) is 7.23. The lowest BCUT2D eigenvalue weighted by Crippen LogP contribution is -2.39. The first-order valence-electron chi connectivity index (χ1n) is 8.29. The lowest BCUT2D eigenvalue weighted by molar-refractivity contribution is 0.383. The number of aromatic nitrogens is 2. The molecule has 4 rings (SSSR count). The molecule has 130 valence electrons. The first-order valence-corrected chi connectivity index (χ1v) is 9.73. The quantitative estimate of drug-likeness (QED) is 0.850. The van der Waals surface area contributed by atoms with Gasteiger partial charge in [-0.25, -0.2) is 13.2 Å². The monoisotopic (exact) mass is 350 g/mol. The molecule has 2 atom stereocenters. The van der Waals surface area contributed by atoms with Gasteiger partial charge in [0.15, 0.2) is 0 Å². The van der Waals surface area contributed by atoms with E-state index in [1.807, 2.05) is 0 Å². The van der Waals surface area contributed by atoms with Crippen LogP contribution >= 0.6 is 0 Å². The summed E-state index contributed by atoms with van der Waals surface area (Å²) in [6.45, 7) is 1.06. The smallest absolute Gasteiger partial charge is 0.310 e. The molecular formula is C16H22N4O3S. The van der Waals surface area contributed by atoms with Crippen molar-refractivity contribution in [2.24, 2.45) is 14.1 Å². The molecule has 1 aromatic heterocycles. The Morgan fingerprint density at radius 3 is 2.54 bits per heavy atom. The summed E-state index contributed by atoms with van der Waals surface area (Å²) in [6.07, 6.45) is 3.02. The van der Waals surface area contributed by atoms with Gasteiger partial charge in [-0.3, -0.25) is 9.13 Å². The Kier molecular flexibility index (Phi) is 3.59. The molecule has 0 amide bonds. The summed E-state index contributed by atoms with van der Waals surface area (Å²) < 4.78 is 30.7. The van der Waals surface area contributed by atoms with E-state index in [9.17, 15) is 13.2 Å². The average molecular weight is 350 g/mol. The van der Waals surface area contributed by atoms with E-state index in [-0.39, 0.29) is 16.6 Å². The van der Waals surface area contributed by atoms with Crippen molar-refractivity contribution in [2.75, 3.05) is 13.1 Å². The van der Waals surface area contributed by atoms with Gasteiger partial charge in [0, 0.05) is 39.3 Å². The van der Waals surface area contributed by atoms with Crippen LogP contribution in [-0.2, 0) is 24.1 Å². The molecule has 1 N–H and O–H groups in total. The predicted molar refractivity (Wildman–Crippen MR) is 91.5 cm³/mol. The van der Waals surface area contributed by atoms with E-state index in [1.54, 1.807) is 36.6 Å². The second kappa shape index (κ2) is 5.44. The fraction of sp³-hybridized carbons (Fsp3) is 0.562. The van der Waals surface area contributed by atoms with Crippen LogP contribution in [0.2, 0.25) is 0 Å². The largest absolute Gasteiger partial charge is 0.328 e. The summed E-state index contributed by atoms with van der Waals surface area (Å²) in [4.78, 5) is 12.3. The summed E-state index contributed by atoms with van der Waals surface area (Å²) in [5, 5.41) is 3.50. The molecule has 0 aliphatic carbocycles. The highest BCUT2D eigenvalue weighted by molar-refractivity contribution is 7.89. The van der Waals surface area contributed by atoms with Crippen LogP contribution in [0, 0.1) is 0 Å². The van der Waals surface area contributed by atoms with Crippen molar-refractivity contribution in [1.29, 1.82) is 0 Å². The minimum Gasteiger partial charge on any atom is -0.310 e. The average Bonchev–Trinajstić information content (AvgIpc) is 2.99. The van der Waals surface area contributed by atoms with Gasteiger partial charge in [-0.15, -0.1) is 0 Å². The van der Waals surface area contributed by atoms with E-state index in [0.717, 1.165) is 24.8 Å². The minimum atomic E-state index is -3.55. The van der Waals surface area contributed by atoms with Gasteiger partial charge >= 0.3 is 5.69 Å². The third kappa shape index (κ3) is 2.32. The number of fused-ring (bicyclic) bond motifs is 3. The van der Waals surface area contributed by atoms with E-state index in [2.05, 4.69) is 5.32 Å². The van der Waals surface area contributed by atoms with Gasteiger partial charge in [-0.2, -0.15) is 4.31 Å². The molecular weight excluding hydrogens is 328 g/mol. The molecule has 0 saturated carbocycles. The predicted octanol–water partition coefficient (Wildman–Crippen LogP) is 0.392. The summed E-state index contributed by atoms with van der Waals surface area (Å²) in [6, 6.07) is 5.62. The number of nitrogens with zero attached hydrogens (tertiary/aromatic N) is 3. The lowest BCUT2D eigenvalue weighted by atomic mass is 10.1. The van der Waals surface area contributed by atoms with E-state index < -0.39 is 10.0 Å². The Bertz CT molecular complexity index is 960. The van der Waals surface area contributed by atoms with Crippen molar-refractivity contribution in [3.8, 4) is 0 Å². The number of nitrogens with one attached hydrogen (secondary N) is 1. The van der Waals surface area contributed by atoms with E-state index in [1.165, 1.54) is 9.13 Å². The molecule has 7 nitrogen and oxygen atoms in total. The molecule has 2 saturated heterocycles. The van der Waals surface area contributed by atoms with Gasteiger partial charge in [-0.05, 0) is 37.5 Å². The fourth-order valence-electron chi connectivity index (χ4n) is 3.93. The topological polar surface area (TPSA) is 76.3 Å². The minimum absolute atomic E-state index is 0.157. The van der Waals surface area contributed by atoms with Crippen molar-refractivity contribution in [3.63, 3.8) is 0 Å². The molecule has 2 aliphatic heterocycles. The van der Waals surface area contributed by atoms with Crippen LogP contribution in [0.25, 0.3) is 11.0 Å². The molecule has 2 unspecified atom stereocenters. The van der Waals surface area contributed by atoms with Crippen molar-refractivity contribution in [3.05, 3.63) is 28.7 Å². The number of aryl methyl sites for hydroxylation is 2. The van der Waals surface area contributed by atoms with Gasteiger partial charge in [0.1, 0.15) is 0 Å². The van der Waals surface area contributed by atoms with Crippen LogP contribution in [-0.4, -0.2) is 47.0 Å². The Morgan fingerprint density at radius 1 is 1.04 bits per heavy atom. The van der Waals surface area contributed by atoms with Crippen molar-refractivity contribution in [1.82, 2.24) is 18.8 Å². The molecule has 3 heterocycles. The van der Waals surface area contributed by atoms with Crippen molar-refractivity contribution in [2.45, 2.75) is 36.2 Å². The van der Waals surface area contributed by atoms with E-state index in [0.29, 0.717) is 24.6 Å². The fourth-order valence-corrected chi connectivity index (χ4v) is 5.45. The number of imidazole rings is 1. The molecule has 24 heavy (non-hydrogen) atoms. The van der Waals surface area contributed by atoms with Crippen LogP contribution in [0.1, 0.15) is 19.3 Å². The first kappa shape index (κ1) is 15.9. The van der Waals surface area contributed by atoms with Gasteiger partial charge in [0.2, 0.25) is 10.0 Å². The Labute approximate surface area is 140 Å². The number of sulfonamides is 1. The number of hydrogen-bond donors (Lipinski definition) is 1. The second-order valence-electron chi connectivity index (χ2n) is 6.84. The summed E-state index contributed by atoms with van der Waals surface area (Å²) in [5.74, 6) is 0. The number of rotatable bonds is 2. The van der Waals surface area contributed by atoms with Crippen LogP contribution < -0.4 is 11.0 Å². The standard InChI is InChI=1S/C16H22N4O3S/c1-18-14-6-5-13(9-15(14)19(2)16(18)21)24(22,23)20-8-7-11-3-4-12(10-20)17-11/h5-6,9,11-12,17H,3-4,7-8,10H2,1-2H3. The molecule has 2 aromatic rings. The molecule has 8 heteroatoms. The molecule has 2 fully saturated rings.